The topological polar surface area (TPSA) is 84.3 Å². The van der Waals surface area contributed by atoms with Crippen LogP contribution in [0.25, 0.3) is 22.0 Å². The van der Waals surface area contributed by atoms with E-state index in [1.54, 1.807) is 22.7 Å². The average Bonchev–Trinajstić information content (AvgIpc) is 3.49. The molecule has 5 rings (SSSR count). The fraction of sp³-hybridized carbons (Fsp3) is 0.455. The predicted molar refractivity (Wildman–Crippen MR) is 127 cm³/mol. The van der Waals surface area contributed by atoms with Crippen molar-refractivity contribution in [2.45, 2.75) is 38.5 Å². The summed E-state index contributed by atoms with van der Waals surface area (Å²) in [5.74, 6) is 2.17. The van der Waals surface area contributed by atoms with Crippen LogP contribution in [0.5, 0.6) is 5.88 Å². The van der Waals surface area contributed by atoms with Crippen LogP contribution < -0.4 is 15.4 Å². The minimum absolute atomic E-state index is 0.676. The number of anilines is 1. The molecule has 31 heavy (non-hydrogen) atoms. The molecule has 4 heterocycles. The zero-order valence-corrected chi connectivity index (χ0v) is 19.0. The third-order valence-corrected chi connectivity index (χ3v) is 7.22. The lowest BCUT2D eigenvalue weighted by Gasteiger charge is -2.21. The van der Waals surface area contributed by atoms with E-state index >= 15 is 0 Å². The molecule has 0 amide bonds. The van der Waals surface area contributed by atoms with Crippen LogP contribution >= 0.6 is 22.7 Å². The van der Waals surface area contributed by atoms with Crippen LogP contribution in [0.15, 0.2) is 34.1 Å². The first kappa shape index (κ1) is 20.4. The van der Waals surface area contributed by atoms with E-state index in [0.29, 0.717) is 11.8 Å². The van der Waals surface area contributed by atoms with Gasteiger partial charge in [0.2, 0.25) is 5.88 Å². The number of guanidine groups is 1. The van der Waals surface area contributed by atoms with E-state index in [9.17, 15) is 0 Å². The Kier molecular flexibility index (Phi) is 6.40. The van der Waals surface area contributed by atoms with Gasteiger partial charge >= 0.3 is 0 Å². The molecule has 0 atom stereocenters. The summed E-state index contributed by atoms with van der Waals surface area (Å²) in [5, 5.41) is 12.3. The van der Waals surface area contributed by atoms with Gasteiger partial charge in [0.1, 0.15) is 16.4 Å². The summed E-state index contributed by atoms with van der Waals surface area (Å²) in [6.45, 7) is 2.56. The number of thiazole rings is 2. The Balaban J connectivity index is 1.20. The van der Waals surface area contributed by atoms with Crippen LogP contribution in [-0.4, -0.2) is 40.6 Å². The molecule has 2 N–H and O–H groups in total. The molecule has 7 nitrogen and oxygen atoms in total. The second-order valence-electron chi connectivity index (χ2n) is 7.91. The average molecular weight is 455 g/mol. The summed E-state index contributed by atoms with van der Waals surface area (Å²) in [7, 11) is 0. The molecule has 0 saturated heterocycles. The van der Waals surface area contributed by atoms with Gasteiger partial charge in [0, 0.05) is 41.7 Å². The van der Waals surface area contributed by atoms with Crippen LogP contribution in [0, 0.1) is 5.92 Å². The number of pyridine rings is 1. The molecule has 0 spiro atoms. The number of nitrogens with one attached hydrogen (secondary N) is 2. The molecule has 3 aromatic rings. The van der Waals surface area contributed by atoms with Crippen molar-refractivity contribution >= 4 is 33.8 Å². The molecule has 0 radical (unpaired) electrons. The van der Waals surface area contributed by atoms with E-state index in [-0.39, 0.29) is 0 Å². The Bertz CT molecular complexity index is 1020. The molecule has 162 valence electrons. The summed E-state index contributed by atoms with van der Waals surface area (Å²) >= 11 is 3.16. The van der Waals surface area contributed by atoms with E-state index < -0.39 is 0 Å². The lowest BCUT2D eigenvalue weighted by atomic mass is 9.90. The number of aliphatic imine (C=N–C) groups is 1. The van der Waals surface area contributed by atoms with E-state index in [4.69, 9.17) is 9.72 Å². The highest BCUT2D eigenvalue weighted by Crippen LogP contribution is 2.31. The van der Waals surface area contributed by atoms with Crippen LogP contribution in [0.1, 0.15) is 38.5 Å². The number of ether oxygens (including phenoxy) is 1. The molecule has 1 saturated carbocycles. The first-order valence-electron chi connectivity index (χ1n) is 10.9. The monoisotopic (exact) mass is 454 g/mol. The van der Waals surface area contributed by atoms with E-state index in [0.717, 1.165) is 59.2 Å². The fourth-order valence-corrected chi connectivity index (χ4v) is 5.35. The predicted octanol–water partition coefficient (Wildman–Crippen LogP) is 5.05. The van der Waals surface area contributed by atoms with E-state index in [1.165, 1.54) is 32.1 Å². The number of aromatic nitrogens is 3. The SMILES string of the molecule is c1cc(OCC2CCCCC2)ncc1-c1nc(-c2csc(NC3=NCCCN3)n2)cs1. The standard InChI is InChI=1S/C22H26N6OS2/c1-2-5-15(6-3-1)12-29-19-8-7-16(11-25-19)20-26-17(13-30-20)18-14-31-22(27-18)28-21-23-9-4-10-24-21/h7-8,11,13-15H,1-6,9-10,12H2,(H2,23,24,27,28). The summed E-state index contributed by atoms with van der Waals surface area (Å²) in [6, 6.07) is 3.98. The van der Waals surface area contributed by atoms with Gasteiger partial charge < -0.3 is 15.4 Å². The lowest BCUT2D eigenvalue weighted by Crippen LogP contribution is -2.35. The quantitative estimate of drug-likeness (QED) is 0.542. The first-order valence-corrected chi connectivity index (χ1v) is 12.7. The van der Waals surface area contributed by atoms with Crippen LogP contribution in [-0.2, 0) is 0 Å². The zero-order valence-electron chi connectivity index (χ0n) is 17.3. The summed E-state index contributed by atoms with van der Waals surface area (Å²) in [6.07, 6.45) is 9.49. The molecular formula is C22H26N6OS2. The van der Waals surface area contributed by atoms with E-state index in [1.807, 2.05) is 29.1 Å². The molecule has 1 fully saturated rings. The third kappa shape index (κ3) is 5.22. The van der Waals surface area contributed by atoms with Crippen molar-refractivity contribution in [1.82, 2.24) is 20.3 Å². The summed E-state index contributed by atoms with van der Waals surface area (Å²) in [5.41, 5.74) is 2.74. The van der Waals surface area contributed by atoms with Gasteiger partial charge in [0.15, 0.2) is 11.1 Å². The first-order chi connectivity index (χ1) is 15.3. The van der Waals surface area contributed by atoms with Gasteiger partial charge in [-0.1, -0.05) is 19.3 Å². The highest BCUT2D eigenvalue weighted by molar-refractivity contribution is 7.14. The number of hydrogen-bond acceptors (Lipinski definition) is 9. The number of rotatable bonds is 6. The minimum atomic E-state index is 0.676. The van der Waals surface area contributed by atoms with E-state index in [2.05, 4.69) is 25.6 Å². The van der Waals surface area contributed by atoms with Crippen molar-refractivity contribution in [2.24, 2.45) is 10.9 Å². The van der Waals surface area contributed by atoms with Crippen molar-refractivity contribution in [3.8, 4) is 27.8 Å². The second kappa shape index (κ2) is 9.74. The molecule has 1 aliphatic heterocycles. The van der Waals surface area contributed by atoms with Crippen molar-refractivity contribution < 1.29 is 4.74 Å². The largest absolute Gasteiger partial charge is 0.477 e. The maximum Gasteiger partial charge on any atom is 0.213 e. The van der Waals surface area contributed by atoms with Gasteiger partial charge in [-0.3, -0.25) is 4.99 Å². The van der Waals surface area contributed by atoms with Crippen molar-refractivity contribution in [3.63, 3.8) is 0 Å². The van der Waals surface area contributed by atoms with Crippen LogP contribution in [0.3, 0.4) is 0 Å². The Morgan fingerprint density at radius 1 is 1.03 bits per heavy atom. The van der Waals surface area contributed by atoms with Gasteiger partial charge in [0.05, 0.1) is 6.61 Å². The summed E-state index contributed by atoms with van der Waals surface area (Å²) < 4.78 is 5.92. The highest BCUT2D eigenvalue weighted by Gasteiger charge is 2.15. The maximum atomic E-state index is 5.92. The molecule has 3 aromatic heterocycles. The molecular weight excluding hydrogens is 428 g/mol. The molecule has 0 bridgehead atoms. The van der Waals surface area contributed by atoms with Gasteiger partial charge in [-0.05, 0) is 31.2 Å². The van der Waals surface area contributed by atoms with Crippen molar-refractivity contribution in [2.75, 3.05) is 25.0 Å². The maximum absolute atomic E-state index is 5.92. The Hall–Kier alpha value is -2.52. The minimum Gasteiger partial charge on any atom is -0.477 e. The lowest BCUT2D eigenvalue weighted by molar-refractivity contribution is 0.203. The molecule has 0 unspecified atom stereocenters. The van der Waals surface area contributed by atoms with Crippen molar-refractivity contribution in [3.05, 3.63) is 29.1 Å². The molecule has 9 heteroatoms. The smallest absolute Gasteiger partial charge is 0.213 e. The Morgan fingerprint density at radius 2 is 1.90 bits per heavy atom. The second-order valence-corrected chi connectivity index (χ2v) is 9.63. The van der Waals surface area contributed by atoms with Gasteiger partial charge in [-0.25, -0.2) is 15.0 Å². The van der Waals surface area contributed by atoms with Gasteiger partial charge in [-0.15, -0.1) is 22.7 Å². The molecule has 2 aliphatic rings. The van der Waals surface area contributed by atoms with Crippen LogP contribution in [0.2, 0.25) is 0 Å². The fourth-order valence-electron chi connectivity index (χ4n) is 3.84. The number of hydrogen-bond donors (Lipinski definition) is 2. The van der Waals surface area contributed by atoms with Gasteiger partial charge in [-0.2, -0.15) is 0 Å². The molecule has 1 aliphatic carbocycles. The normalized spacial score (nSPS) is 17.1. The molecule has 0 aromatic carbocycles. The third-order valence-electron chi connectivity index (χ3n) is 5.57. The Morgan fingerprint density at radius 3 is 2.71 bits per heavy atom. The van der Waals surface area contributed by atoms with Crippen LogP contribution in [0.4, 0.5) is 5.13 Å². The van der Waals surface area contributed by atoms with Gasteiger partial charge in [0.25, 0.3) is 0 Å². The number of nitrogens with zero attached hydrogens (tertiary/aromatic N) is 4. The van der Waals surface area contributed by atoms with Crippen molar-refractivity contribution in [1.29, 1.82) is 0 Å². The summed E-state index contributed by atoms with van der Waals surface area (Å²) in [4.78, 5) is 18.3. The zero-order chi connectivity index (χ0) is 20.9. The highest BCUT2D eigenvalue weighted by atomic mass is 32.1. The Labute approximate surface area is 190 Å².